The van der Waals surface area contributed by atoms with Crippen LogP contribution in [0.1, 0.15) is 53.6 Å². The Morgan fingerprint density at radius 3 is 2.42 bits per heavy atom. The number of alkyl halides is 3. The molecule has 0 bridgehead atoms. The number of halogens is 3. The first-order chi connectivity index (χ1) is 17.2. The highest BCUT2D eigenvalue weighted by Crippen LogP contribution is 2.46. The fourth-order valence-electron chi connectivity index (χ4n) is 5.35. The number of benzene rings is 1. The molecule has 2 amide bonds. The molecule has 1 spiro atoms. The third-order valence-electron chi connectivity index (χ3n) is 7.53. The lowest BCUT2D eigenvalue weighted by Gasteiger charge is -2.39. The van der Waals surface area contributed by atoms with E-state index in [9.17, 15) is 28.0 Å². The fourth-order valence-corrected chi connectivity index (χ4v) is 5.35. The number of pyridine rings is 1. The third-order valence-corrected chi connectivity index (χ3v) is 7.53. The van der Waals surface area contributed by atoms with Crippen molar-refractivity contribution < 1.29 is 22.8 Å². The number of amides is 2. The van der Waals surface area contributed by atoms with E-state index in [0.29, 0.717) is 44.5 Å². The van der Waals surface area contributed by atoms with Crippen LogP contribution in [0.5, 0.6) is 0 Å². The second kappa shape index (κ2) is 9.12. The number of hydrogen-bond donors (Lipinski definition) is 1. The van der Waals surface area contributed by atoms with Crippen LogP contribution in [0.15, 0.2) is 42.7 Å². The summed E-state index contributed by atoms with van der Waals surface area (Å²) in [4.78, 5) is 33.5. The van der Waals surface area contributed by atoms with E-state index in [1.165, 1.54) is 12.1 Å². The number of hydrogen-bond acceptors (Lipinski definition) is 5. The Balaban J connectivity index is 1.39. The van der Waals surface area contributed by atoms with Gasteiger partial charge in [-0.3, -0.25) is 14.6 Å². The van der Waals surface area contributed by atoms with E-state index in [0.717, 1.165) is 18.9 Å². The summed E-state index contributed by atoms with van der Waals surface area (Å²) in [7, 11) is 0. The van der Waals surface area contributed by atoms with Crippen molar-refractivity contribution in [3.05, 3.63) is 59.4 Å². The summed E-state index contributed by atoms with van der Waals surface area (Å²) in [6, 6.07) is 8.13. The number of carbonyl (C=O) groups is 2. The molecule has 1 N–H and O–H groups in total. The molecule has 2 aromatic rings. The molecule has 188 valence electrons. The van der Waals surface area contributed by atoms with E-state index in [1.807, 2.05) is 0 Å². The molecular formula is C26H26F3N5O2. The molecule has 0 radical (unpaired) electrons. The molecule has 3 fully saturated rings. The Labute approximate surface area is 206 Å². The lowest BCUT2D eigenvalue weighted by atomic mass is 9.76. The van der Waals surface area contributed by atoms with E-state index < -0.39 is 23.3 Å². The molecule has 1 saturated carbocycles. The monoisotopic (exact) mass is 497 g/mol. The number of nitrogens with one attached hydrogen (secondary N) is 1. The van der Waals surface area contributed by atoms with Crippen molar-refractivity contribution in [3.8, 4) is 6.07 Å². The zero-order valence-electron chi connectivity index (χ0n) is 19.6. The van der Waals surface area contributed by atoms with Crippen LogP contribution in [0.3, 0.4) is 0 Å². The summed E-state index contributed by atoms with van der Waals surface area (Å²) < 4.78 is 41.0. The summed E-state index contributed by atoms with van der Waals surface area (Å²) in [6.45, 7) is 1.43. The highest BCUT2D eigenvalue weighted by atomic mass is 19.4. The van der Waals surface area contributed by atoms with Crippen LogP contribution in [0.4, 0.5) is 18.9 Å². The Kier molecular flexibility index (Phi) is 6.10. The number of nitrogens with zero attached hydrogens (tertiary/aromatic N) is 4. The molecule has 3 aliphatic rings. The summed E-state index contributed by atoms with van der Waals surface area (Å²) in [5.74, 6) is -0.255. The average Bonchev–Trinajstić information content (AvgIpc) is 3.62. The summed E-state index contributed by atoms with van der Waals surface area (Å²) in [5.41, 5.74) is -0.894. The van der Waals surface area contributed by atoms with Gasteiger partial charge in [-0.1, -0.05) is 0 Å². The minimum atomic E-state index is -4.68. The number of carbonyl (C=O) groups excluding carboxylic acids is 2. The van der Waals surface area contributed by atoms with Gasteiger partial charge in [0.1, 0.15) is 6.04 Å². The number of anilines is 1. The minimum absolute atomic E-state index is 0.0768. The SMILES string of the molecule is N#Cc1ccc(N2CC3(CCN(C(=O)c4ccncc4)CC3)CC2C(=O)NC2CC2)cc1C(F)(F)F. The topological polar surface area (TPSA) is 89.3 Å². The predicted molar refractivity (Wildman–Crippen MR) is 125 cm³/mol. The molecule has 1 aromatic carbocycles. The van der Waals surface area contributed by atoms with Gasteiger partial charge in [0.05, 0.1) is 17.2 Å². The molecule has 10 heteroatoms. The van der Waals surface area contributed by atoms with Crippen LogP contribution in [-0.2, 0) is 11.0 Å². The maximum absolute atomic E-state index is 13.7. The summed E-state index contributed by atoms with van der Waals surface area (Å²) in [5, 5.41) is 12.2. The van der Waals surface area contributed by atoms with Crippen molar-refractivity contribution in [3.63, 3.8) is 0 Å². The zero-order chi connectivity index (χ0) is 25.5. The van der Waals surface area contributed by atoms with Crippen LogP contribution in [0.2, 0.25) is 0 Å². The van der Waals surface area contributed by atoms with Gasteiger partial charge in [-0.05, 0) is 67.9 Å². The van der Waals surface area contributed by atoms with Gasteiger partial charge < -0.3 is 15.1 Å². The predicted octanol–water partition coefficient (Wildman–Crippen LogP) is 3.75. The molecule has 2 saturated heterocycles. The van der Waals surface area contributed by atoms with E-state index in [4.69, 9.17) is 0 Å². The van der Waals surface area contributed by atoms with Gasteiger partial charge in [0, 0.05) is 49.3 Å². The van der Waals surface area contributed by atoms with Gasteiger partial charge in [0.2, 0.25) is 5.91 Å². The summed E-state index contributed by atoms with van der Waals surface area (Å²) >= 11 is 0. The molecule has 36 heavy (non-hydrogen) atoms. The lowest BCUT2D eigenvalue weighted by molar-refractivity contribution is -0.137. The number of piperidine rings is 1. The van der Waals surface area contributed by atoms with Crippen LogP contribution in [0, 0.1) is 16.7 Å². The van der Waals surface area contributed by atoms with E-state index in [1.54, 1.807) is 40.4 Å². The van der Waals surface area contributed by atoms with Crippen molar-refractivity contribution in [2.24, 2.45) is 5.41 Å². The molecule has 1 aliphatic carbocycles. The molecule has 3 heterocycles. The molecule has 2 aliphatic heterocycles. The maximum Gasteiger partial charge on any atom is 0.417 e. The van der Waals surface area contributed by atoms with E-state index in [-0.39, 0.29) is 29.0 Å². The maximum atomic E-state index is 13.7. The molecule has 1 unspecified atom stereocenters. The molecular weight excluding hydrogens is 471 g/mol. The highest BCUT2D eigenvalue weighted by Gasteiger charge is 2.49. The van der Waals surface area contributed by atoms with Gasteiger partial charge in [-0.25, -0.2) is 0 Å². The van der Waals surface area contributed by atoms with Gasteiger partial charge in [-0.15, -0.1) is 0 Å². The van der Waals surface area contributed by atoms with Gasteiger partial charge in [0.15, 0.2) is 0 Å². The van der Waals surface area contributed by atoms with Crippen LogP contribution < -0.4 is 10.2 Å². The Morgan fingerprint density at radius 1 is 1.11 bits per heavy atom. The van der Waals surface area contributed by atoms with Crippen molar-refractivity contribution in [2.45, 2.75) is 50.4 Å². The number of rotatable bonds is 4. The number of aromatic nitrogens is 1. The van der Waals surface area contributed by atoms with Crippen LogP contribution in [0.25, 0.3) is 0 Å². The summed E-state index contributed by atoms with van der Waals surface area (Å²) in [6.07, 6.45) is 2.08. The Morgan fingerprint density at radius 2 is 1.81 bits per heavy atom. The molecule has 5 rings (SSSR count). The Hall–Kier alpha value is -3.61. The lowest BCUT2D eigenvalue weighted by Crippen LogP contribution is -2.44. The average molecular weight is 498 g/mol. The molecule has 1 atom stereocenters. The van der Waals surface area contributed by atoms with Crippen LogP contribution >= 0.6 is 0 Å². The minimum Gasteiger partial charge on any atom is -0.359 e. The van der Waals surface area contributed by atoms with Gasteiger partial charge >= 0.3 is 6.18 Å². The van der Waals surface area contributed by atoms with Crippen molar-refractivity contribution in [1.82, 2.24) is 15.2 Å². The standard InChI is InChI=1S/C26H26F3N5O2/c27-26(28,29)21-13-20(4-1-18(21)15-30)34-16-25(14-22(34)23(35)32-19-2-3-19)7-11-33(12-8-25)24(36)17-5-9-31-10-6-17/h1,4-6,9-10,13,19,22H,2-3,7-8,11-12,14,16H2,(H,32,35). The van der Waals surface area contributed by atoms with Gasteiger partial charge in [0.25, 0.3) is 5.91 Å². The third kappa shape index (κ3) is 4.74. The quantitative estimate of drug-likeness (QED) is 0.695. The van der Waals surface area contributed by atoms with Crippen molar-refractivity contribution >= 4 is 17.5 Å². The second-order valence-corrected chi connectivity index (χ2v) is 10.00. The highest BCUT2D eigenvalue weighted by molar-refractivity contribution is 5.94. The molecule has 7 nitrogen and oxygen atoms in total. The van der Waals surface area contributed by atoms with E-state index >= 15 is 0 Å². The zero-order valence-corrected chi connectivity index (χ0v) is 19.6. The normalized spacial score (nSPS) is 21.3. The largest absolute Gasteiger partial charge is 0.417 e. The van der Waals surface area contributed by atoms with Crippen molar-refractivity contribution in [1.29, 1.82) is 5.26 Å². The fraction of sp³-hybridized carbons (Fsp3) is 0.462. The smallest absolute Gasteiger partial charge is 0.359 e. The van der Waals surface area contributed by atoms with Crippen molar-refractivity contribution in [2.75, 3.05) is 24.5 Å². The second-order valence-electron chi connectivity index (χ2n) is 10.00. The first-order valence-electron chi connectivity index (χ1n) is 12.1. The Bertz CT molecular complexity index is 1200. The number of nitriles is 1. The van der Waals surface area contributed by atoms with Crippen LogP contribution in [-0.4, -0.2) is 53.4 Å². The molecule has 1 aromatic heterocycles. The number of likely N-dealkylation sites (tertiary alicyclic amines) is 1. The van der Waals surface area contributed by atoms with Gasteiger partial charge in [-0.2, -0.15) is 18.4 Å². The van der Waals surface area contributed by atoms with E-state index in [2.05, 4.69) is 10.3 Å². The first-order valence-corrected chi connectivity index (χ1v) is 12.1. The first kappa shape index (κ1) is 24.1.